The molecule has 0 fully saturated rings. The molecular weight excluding hydrogens is 194 g/mol. The van der Waals surface area contributed by atoms with E-state index in [0.717, 1.165) is 6.42 Å². The average Bonchev–Trinajstić information content (AvgIpc) is 2.43. The Balaban J connectivity index is 2.76. The highest BCUT2D eigenvalue weighted by molar-refractivity contribution is 6.17. The molecule has 72 valence electrons. The van der Waals surface area contributed by atoms with Crippen LogP contribution in [0.5, 0.6) is 0 Å². The van der Waals surface area contributed by atoms with Crippen LogP contribution in [-0.4, -0.2) is 21.9 Å². The fraction of sp³-hybridized carbons (Fsp3) is 0.500. The summed E-state index contributed by atoms with van der Waals surface area (Å²) < 4.78 is 5.13. The fourth-order valence-corrected chi connectivity index (χ4v) is 1.11. The number of carboxylic acids is 1. The number of hydrogen-bond acceptors (Lipinski definition) is 3. The minimum absolute atomic E-state index is 0.00966. The normalized spacial score (nSPS) is 10.3. The average molecular weight is 204 g/mol. The predicted octanol–water partition coefficient (Wildman–Crippen LogP) is 1.85. The van der Waals surface area contributed by atoms with Crippen LogP contribution < -0.4 is 0 Å². The van der Waals surface area contributed by atoms with Crippen LogP contribution in [0.4, 0.5) is 0 Å². The molecule has 0 radical (unpaired) electrons. The maximum absolute atomic E-state index is 10.6. The minimum Gasteiger partial charge on any atom is -0.476 e. The third-order valence-electron chi connectivity index (χ3n) is 1.57. The maximum atomic E-state index is 10.6. The van der Waals surface area contributed by atoms with Crippen molar-refractivity contribution in [3.05, 3.63) is 17.3 Å². The van der Waals surface area contributed by atoms with E-state index < -0.39 is 5.97 Å². The molecule has 0 saturated carbocycles. The highest BCUT2D eigenvalue weighted by Crippen LogP contribution is 2.11. The van der Waals surface area contributed by atoms with Crippen molar-refractivity contribution in [2.45, 2.75) is 19.8 Å². The molecule has 0 spiro atoms. The van der Waals surface area contributed by atoms with Gasteiger partial charge in [0.2, 0.25) is 0 Å². The van der Waals surface area contributed by atoms with Gasteiger partial charge in [0.25, 0.3) is 0 Å². The van der Waals surface area contributed by atoms with Gasteiger partial charge in [0, 0.05) is 12.3 Å². The highest BCUT2D eigenvalue weighted by Gasteiger charge is 2.14. The number of carboxylic acid groups (broad SMARTS) is 1. The number of rotatable bonds is 4. The molecule has 1 N–H and O–H groups in total. The third kappa shape index (κ3) is 2.45. The van der Waals surface area contributed by atoms with Gasteiger partial charge in [0.15, 0.2) is 11.6 Å². The van der Waals surface area contributed by atoms with Gasteiger partial charge >= 0.3 is 5.97 Å². The first kappa shape index (κ1) is 10.1. The summed E-state index contributed by atoms with van der Waals surface area (Å²) >= 11 is 5.47. The van der Waals surface area contributed by atoms with Crippen molar-refractivity contribution in [2.75, 3.05) is 5.88 Å². The van der Waals surface area contributed by atoms with E-state index in [-0.39, 0.29) is 5.69 Å². The van der Waals surface area contributed by atoms with Crippen LogP contribution in [0.3, 0.4) is 0 Å². The van der Waals surface area contributed by atoms with Crippen molar-refractivity contribution in [3.63, 3.8) is 0 Å². The second-order valence-electron chi connectivity index (χ2n) is 2.61. The van der Waals surface area contributed by atoms with Gasteiger partial charge in [-0.2, -0.15) is 0 Å². The van der Waals surface area contributed by atoms with E-state index in [0.29, 0.717) is 24.0 Å². The van der Waals surface area contributed by atoms with Gasteiger partial charge in [-0.15, -0.1) is 11.6 Å². The zero-order valence-electron chi connectivity index (χ0n) is 7.21. The molecule has 0 amide bonds. The first-order valence-electron chi connectivity index (χ1n) is 3.90. The molecule has 1 rings (SSSR count). The van der Waals surface area contributed by atoms with Crippen molar-refractivity contribution in [2.24, 2.45) is 0 Å². The number of aryl methyl sites for hydroxylation is 2. The van der Waals surface area contributed by atoms with Crippen molar-refractivity contribution in [1.29, 1.82) is 0 Å². The lowest BCUT2D eigenvalue weighted by Crippen LogP contribution is -1.99. The van der Waals surface area contributed by atoms with Crippen LogP contribution >= 0.6 is 11.6 Å². The summed E-state index contributed by atoms with van der Waals surface area (Å²) in [6.45, 7) is 1.58. The Morgan fingerprint density at radius 3 is 2.85 bits per heavy atom. The van der Waals surface area contributed by atoms with Crippen LogP contribution in [-0.2, 0) is 6.42 Å². The van der Waals surface area contributed by atoms with Gasteiger partial charge in [-0.3, -0.25) is 0 Å². The summed E-state index contributed by atoms with van der Waals surface area (Å²) in [5, 5.41) is 8.66. The minimum atomic E-state index is -1.06. The lowest BCUT2D eigenvalue weighted by Gasteiger charge is -1.88. The van der Waals surface area contributed by atoms with Crippen LogP contribution in [0.15, 0.2) is 4.42 Å². The molecule has 0 aliphatic heterocycles. The van der Waals surface area contributed by atoms with Gasteiger partial charge in [0.1, 0.15) is 5.76 Å². The van der Waals surface area contributed by atoms with E-state index in [1.165, 1.54) is 0 Å². The van der Waals surface area contributed by atoms with Crippen molar-refractivity contribution in [3.8, 4) is 0 Å². The van der Waals surface area contributed by atoms with Crippen molar-refractivity contribution < 1.29 is 14.3 Å². The number of hydrogen-bond donors (Lipinski definition) is 1. The Morgan fingerprint density at radius 1 is 1.69 bits per heavy atom. The Morgan fingerprint density at radius 2 is 2.38 bits per heavy atom. The van der Waals surface area contributed by atoms with Crippen molar-refractivity contribution >= 4 is 17.6 Å². The van der Waals surface area contributed by atoms with E-state index >= 15 is 0 Å². The molecule has 1 heterocycles. The van der Waals surface area contributed by atoms with E-state index in [2.05, 4.69) is 4.98 Å². The quantitative estimate of drug-likeness (QED) is 0.759. The van der Waals surface area contributed by atoms with Crippen molar-refractivity contribution in [1.82, 2.24) is 4.98 Å². The topological polar surface area (TPSA) is 63.3 Å². The molecular formula is C8H10ClNO3. The third-order valence-corrected chi connectivity index (χ3v) is 1.83. The molecule has 0 atom stereocenters. The Labute approximate surface area is 80.5 Å². The Bertz CT molecular complexity index is 308. The van der Waals surface area contributed by atoms with E-state index in [1.807, 2.05) is 0 Å². The highest BCUT2D eigenvalue weighted by atomic mass is 35.5. The molecule has 0 aromatic carbocycles. The summed E-state index contributed by atoms with van der Waals surface area (Å²) in [6, 6.07) is 0. The zero-order valence-corrected chi connectivity index (χ0v) is 7.97. The summed E-state index contributed by atoms with van der Waals surface area (Å²) in [6.07, 6.45) is 1.32. The smallest absolute Gasteiger partial charge is 0.358 e. The summed E-state index contributed by atoms with van der Waals surface area (Å²) in [4.78, 5) is 14.4. The number of halogens is 1. The monoisotopic (exact) mass is 203 g/mol. The second kappa shape index (κ2) is 4.28. The van der Waals surface area contributed by atoms with E-state index in [4.69, 9.17) is 21.1 Å². The van der Waals surface area contributed by atoms with E-state index in [9.17, 15) is 4.79 Å². The molecule has 0 saturated heterocycles. The Kier molecular flexibility index (Phi) is 3.31. The van der Waals surface area contributed by atoms with Gasteiger partial charge in [0.05, 0.1) is 0 Å². The molecule has 4 nitrogen and oxygen atoms in total. The van der Waals surface area contributed by atoms with Gasteiger partial charge in [-0.25, -0.2) is 9.78 Å². The van der Waals surface area contributed by atoms with Crippen LogP contribution in [0.2, 0.25) is 0 Å². The lowest BCUT2D eigenvalue weighted by atomic mass is 10.3. The van der Waals surface area contributed by atoms with Gasteiger partial charge < -0.3 is 9.52 Å². The maximum Gasteiger partial charge on any atom is 0.358 e. The van der Waals surface area contributed by atoms with Crippen LogP contribution in [0.25, 0.3) is 0 Å². The number of oxazole rings is 1. The second-order valence-corrected chi connectivity index (χ2v) is 2.99. The fourth-order valence-electron chi connectivity index (χ4n) is 0.975. The number of aromatic carboxylic acids is 1. The molecule has 0 bridgehead atoms. The zero-order chi connectivity index (χ0) is 9.84. The van der Waals surface area contributed by atoms with Gasteiger partial charge in [-0.1, -0.05) is 0 Å². The van der Waals surface area contributed by atoms with E-state index in [1.54, 1.807) is 6.92 Å². The summed E-state index contributed by atoms with van der Waals surface area (Å²) in [5.41, 5.74) is -0.00966. The lowest BCUT2D eigenvalue weighted by molar-refractivity contribution is 0.0689. The van der Waals surface area contributed by atoms with Gasteiger partial charge in [-0.05, 0) is 13.3 Å². The SMILES string of the molecule is Cc1oc(CCCCl)nc1C(=O)O. The predicted molar refractivity (Wildman–Crippen MR) is 47.2 cm³/mol. The van der Waals surface area contributed by atoms with Crippen LogP contribution in [0, 0.1) is 6.92 Å². The molecule has 0 unspecified atom stereocenters. The molecule has 13 heavy (non-hydrogen) atoms. The largest absolute Gasteiger partial charge is 0.476 e. The first-order valence-corrected chi connectivity index (χ1v) is 4.44. The molecule has 5 heteroatoms. The van der Waals surface area contributed by atoms with Crippen LogP contribution in [0.1, 0.15) is 28.6 Å². The standard InChI is InChI=1S/C8H10ClNO3/c1-5-7(8(11)12)10-6(13-5)3-2-4-9/h2-4H2,1H3,(H,11,12). The molecule has 0 aliphatic rings. The Hall–Kier alpha value is -1.03. The first-order chi connectivity index (χ1) is 6.15. The number of alkyl halides is 1. The summed E-state index contributed by atoms with van der Waals surface area (Å²) in [5.74, 6) is 0.245. The molecule has 0 aliphatic carbocycles. The molecule has 1 aromatic rings. The molecule has 1 aromatic heterocycles. The number of carbonyl (C=O) groups is 1. The summed E-state index contributed by atoms with van der Waals surface area (Å²) in [7, 11) is 0. The number of nitrogens with zero attached hydrogens (tertiary/aromatic N) is 1. The number of aromatic nitrogens is 1.